The summed E-state index contributed by atoms with van der Waals surface area (Å²) in [7, 11) is 0. The maximum absolute atomic E-state index is 14.0. The minimum Gasteiger partial charge on any atom is -0.489 e. The highest BCUT2D eigenvalue weighted by molar-refractivity contribution is 8.19. The Morgan fingerprint density at radius 1 is 0.783 bits per heavy atom. The fraction of sp³-hybridized carbons (Fsp3) is 0.179. The number of rotatable bonds is 9. The van der Waals surface area contributed by atoms with Crippen molar-refractivity contribution in [1.82, 2.24) is 4.57 Å². The Hall–Kier alpha value is -4.88. The van der Waals surface area contributed by atoms with Crippen molar-refractivity contribution in [2.45, 2.75) is 47.1 Å². The van der Waals surface area contributed by atoms with Crippen LogP contribution in [0.3, 0.4) is 0 Å². The maximum Gasteiger partial charge on any atom is 0.271 e. The summed E-state index contributed by atoms with van der Waals surface area (Å²) in [6, 6.07) is 32.6. The zero-order valence-corrected chi connectivity index (χ0v) is 27.3. The lowest BCUT2D eigenvalue weighted by atomic mass is 10.1. The third kappa shape index (κ3) is 6.70. The maximum atomic E-state index is 14.0. The average molecular weight is 630 g/mol. The molecule has 0 atom stereocenters. The third-order valence-corrected chi connectivity index (χ3v) is 9.12. The lowest BCUT2D eigenvalue weighted by molar-refractivity contribution is -0.113. The van der Waals surface area contributed by atoms with E-state index in [4.69, 9.17) is 9.73 Å². The molecule has 2 heterocycles. The summed E-state index contributed by atoms with van der Waals surface area (Å²) in [6.45, 7) is 8.73. The van der Waals surface area contributed by atoms with E-state index in [0.29, 0.717) is 16.7 Å². The van der Waals surface area contributed by atoms with Crippen LogP contribution in [0.15, 0.2) is 113 Å². The molecular weight excluding hydrogens is 594 g/mol. The third-order valence-electron chi connectivity index (χ3n) is 8.15. The van der Waals surface area contributed by atoms with Gasteiger partial charge in [0.05, 0.1) is 16.3 Å². The number of halogens is 1. The molecule has 0 N–H and O–H groups in total. The summed E-state index contributed by atoms with van der Waals surface area (Å²) >= 11 is 1.40. The van der Waals surface area contributed by atoms with Gasteiger partial charge >= 0.3 is 0 Å². The van der Waals surface area contributed by atoms with Gasteiger partial charge in [0.2, 0.25) is 0 Å². The van der Waals surface area contributed by atoms with Gasteiger partial charge < -0.3 is 9.30 Å². The van der Waals surface area contributed by atoms with E-state index in [0.717, 1.165) is 58.2 Å². The lowest BCUT2D eigenvalue weighted by Gasteiger charge is -2.16. The van der Waals surface area contributed by atoms with Gasteiger partial charge in [-0.05, 0) is 134 Å². The fourth-order valence-electron chi connectivity index (χ4n) is 5.48. The van der Waals surface area contributed by atoms with Crippen LogP contribution in [0.4, 0.5) is 15.8 Å². The number of hydrogen-bond acceptors (Lipinski definition) is 4. The SMILES string of the molecule is CCc1ccc(N=C2S/C(=C\c3cc(C)n(-c4ccc(OCc5ccc(F)cc5)cc4)c3C)C(=O)N2c2ccc(CC)cc2)cc1. The largest absolute Gasteiger partial charge is 0.489 e. The minimum atomic E-state index is -0.262. The summed E-state index contributed by atoms with van der Waals surface area (Å²) in [5.74, 6) is 0.376. The topological polar surface area (TPSA) is 46.8 Å². The Morgan fingerprint density at radius 3 is 2.00 bits per heavy atom. The highest BCUT2D eigenvalue weighted by Gasteiger charge is 2.35. The van der Waals surface area contributed by atoms with E-state index in [2.05, 4.69) is 62.6 Å². The summed E-state index contributed by atoms with van der Waals surface area (Å²) in [5.41, 5.74) is 9.02. The average Bonchev–Trinajstić information content (AvgIpc) is 3.54. The number of ether oxygens (including phenoxy) is 1. The molecule has 0 unspecified atom stereocenters. The molecule has 0 spiro atoms. The Balaban J connectivity index is 1.27. The van der Waals surface area contributed by atoms with Crippen molar-refractivity contribution in [3.8, 4) is 11.4 Å². The number of amides is 1. The molecule has 46 heavy (non-hydrogen) atoms. The molecule has 6 rings (SSSR count). The molecule has 1 aliphatic rings. The second-order valence-corrected chi connectivity index (χ2v) is 12.3. The van der Waals surface area contributed by atoms with Gasteiger partial charge in [-0.3, -0.25) is 9.69 Å². The molecule has 1 aromatic heterocycles. The number of amidine groups is 1. The first-order chi connectivity index (χ1) is 22.3. The van der Waals surface area contributed by atoms with Crippen LogP contribution < -0.4 is 9.64 Å². The number of carbonyl (C=O) groups is 1. The smallest absolute Gasteiger partial charge is 0.271 e. The molecule has 5 nitrogen and oxygen atoms in total. The quantitative estimate of drug-likeness (QED) is 0.153. The van der Waals surface area contributed by atoms with E-state index in [9.17, 15) is 9.18 Å². The first kappa shape index (κ1) is 31.1. The normalized spacial score (nSPS) is 14.9. The lowest BCUT2D eigenvalue weighted by Crippen LogP contribution is -2.28. The Morgan fingerprint density at radius 2 is 1.37 bits per heavy atom. The molecule has 5 aromatic rings. The molecule has 1 fully saturated rings. The predicted octanol–water partition coefficient (Wildman–Crippen LogP) is 9.75. The number of anilines is 1. The zero-order valence-electron chi connectivity index (χ0n) is 26.5. The highest BCUT2D eigenvalue weighted by Crippen LogP contribution is 2.38. The molecule has 1 amide bonds. The van der Waals surface area contributed by atoms with E-state index in [1.54, 1.807) is 17.0 Å². The Bertz CT molecular complexity index is 1910. The predicted molar refractivity (Wildman–Crippen MR) is 188 cm³/mol. The second kappa shape index (κ2) is 13.6. The Labute approximate surface area is 274 Å². The van der Waals surface area contributed by atoms with Crippen LogP contribution in [0.1, 0.15) is 47.5 Å². The van der Waals surface area contributed by atoms with Gasteiger partial charge in [-0.15, -0.1) is 0 Å². The van der Waals surface area contributed by atoms with Crippen LogP contribution in [0.25, 0.3) is 11.8 Å². The molecule has 1 aliphatic heterocycles. The molecular formula is C39H36FN3O2S. The number of benzene rings is 4. The number of thioether (sulfide) groups is 1. The molecule has 7 heteroatoms. The van der Waals surface area contributed by atoms with Gasteiger partial charge in [-0.1, -0.05) is 50.2 Å². The van der Waals surface area contributed by atoms with E-state index in [-0.39, 0.29) is 11.7 Å². The van der Waals surface area contributed by atoms with Crippen molar-refractivity contribution in [3.05, 3.63) is 147 Å². The molecule has 232 valence electrons. The van der Waals surface area contributed by atoms with E-state index >= 15 is 0 Å². The molecule has 0 saturated carbocycles. The summed E-state index contributed by atoms with van der Waals surface area (Å²) in [4.78, 5) is 21.2. The van der Waals surface area contributed by atoms with Crippen molar-refractivity contribution < 1.29 is 13.9 Å². The summed E-state index contributed by atoms with van der Waals surface area (Å²) in [6.07, 6.45) is 3.86. The zero-order chi connectivity index (χ0) is 32.2. The van der Waals surface area contributed by atoms with Crippen molar-refractivity contribution in [2.75, 3.05) is 4.90 Å². The minimum absolute atomic E-state index is 0.0920. The molecule has 4 aromatic carbocycles. The Kier molecular flexibility index (Phi) is 9.22. The van der Waals surface area contributed by atoms with Crippen molar-refractivity contribution in [3.63, 3.8) is 0 Å². The number of aryl methyl sites for hydroxylation is 3. The van der Waals surface area contributed by atoms with Gasteiger partial charge in [0, 0.05) is 17.1 Å². The molecule has 0 radical (unpaired) electrons. The van der Waals surface area contributed by atoms with E-state index < -0.39 is 0 Å². The van der Waals surface area contributed by atoms with Gasteiger partial charge in [0.15, 0.2) is 5.17 Å². The molecule has 1 saturated heterocycles. The first-order valence-electron chi connectivity index (χ1n) is 15.5. The second-order valence-electron chi connectivity index (χ2n) is 11.3. The van der Waals surface area contributed by atoms with E-state index in [1.807, 2.05) is 54.6 Å². The van der Waals surface area contributed by atoms with Gasteiger partial charge in [0.25, 0.3) is 5.91 Å². The van der Waals surface area contributed by atoms with Gasteiger partial charge in [-0.25, -0.2) is 9.38 Å². The van der Waals surface area contributed by atoms with Crippen LogP contribution in [-0.4, -0.2) is 15.6 Å². The van der Waals surface area contributed by atoms with Crippen molar-refractivity contribution in [2.24, 2.45) is 4.99 Å². The van der Waals surface area contributed by atoms with E-state index in [1.165, 1.54) is 35.0 Å². The number of aromatic nitrogens is 1. The van der Waals surface area contributed by atoms with Crippen LogP contribution in [-0.2, 0) is 24.2 Å². The number of carbonyl (C=O) groups excluding carboxylic acids is 1. The number of aliphatic imine (C=N–C) groups is 1. The summed E-state index contributed by atoms with van der Waals surface area (Å²) < 4.78 is 21.3. The molecule has 0 aliphatic carbocycles. The monoisotopic (exact) mass is 629 g/mol. The number of hydrogen-bond donors (Lipinski definition) is 0. The fourth-order valence-corrected chi connectivity index (χ4v) is 6.48. The van der Waals surface area contributed by atoms with Crippen LogP contribution >= 0.6 is 11.8 Å². The standard InChI is InChI=1S/C39H36FN3O2S/c1-5-28-9-15-33(16-10-28)41-39-43(35-17-11-29(6-2)12-18-35)38(44)37(46-39)24-31-23-26(3)42(27(31)4)34-19-21-36(22-20-34)45-25-30-7-13-32(40)14-8-30/h7-24H,5-6,25H2,1-4H3/b37-24-,41-39?. The molecule has 0 bridgehead atoms. The highest BCUT2D eigenvalue weighted by atomic mass is 32.2. The first-order valence-corrected chi connectivity index (χ1v) is 16.3. The van der Waals surface area contributed by atoms with Crippen molar-refractivity contribution in [1.29, 1.82) is 0 Å². The van der Waals surface area contributed by atoms with Crippen LogP contribution in [0, 0.1) is 19.7 Å². The summed E-state index contributed by atoms with van der Waals surface area (Å²) in [5, 5.41) is 0.634. The van der Waals surface area contributed by atoms with Crippen LogP contribution in [0.2, 0.25) is 0 Å². The van der Waals surface area contributed by atoms with Gasteiger partial charge in [-0.2, -0.15) is 0 Å². The van der Waals surface area contributed by atoms with Crippen LogP contribution in [0.5, 0.6) is 5.75 Å². The van der Waals surface area contributed by atoms with Crippen molar-refractivity contribution >= 4 is 40.3 Å². The number of nitrogens with zero attached hydrogens (tertiary/aromatic N) is 3. The van der Waals surface area contributed by atoms with Gasteiger partial charge in [0.1, 0.15) is 18.2 Å².